The van der Waals surface area contributed by atoms with Gasteiger partial charge in [-0.2, -0.15) is 5.26 Å². The molecule has 1 aromatic heterocycles. The zero-order valence-corrected chi connectivity index (χ0v) is 10.4. The summed E-state index contributed by atoms with van der Waals surface area (Å²) >= 11 is 0. The van der Waals surface area contributed by atoms with Crippen molar-refractivity contribution in [2.24, 2.45) is 11.7 Å². The normalized spacial score (nSPS) is 19.4. The summed E-state index contributed by atoms with van der Waals surface area (Å²) in [5.41, 5.74) is 8.37. The van der Waals surface area contributed by atoms with E-state index in [-0.39, 0.29) is 0 Å². The Hall–Kier alpha value is -1.60. The van der Waals surface area contributed by atoms with Gasteiger partial charge in [-0.25, -0.2) is 4.98 Å². The Kier molecular flexibility index (Phi) is 3.30. The summed E-state index contributed by atoms with van der Waals surface area (Å²) in [6.07, 6.45) is 1.09. The molecule has 4 heteroatoms. The standard InChI is InChI=1S/C13H18N4/c1-9-5-10(2)16-13(12(9)7-15)17-4-3-11(6-14)8-17/h5,11H,3-4,6,8,14H2,1-2H3. The van der Waals surface area contributed by atoms with E-state index < -0.39 is 0 Å². The molecular formula is C13H18N4. The summed E-state index contributed by atoms with van der Waals surface area (Å²) in [6, 6.07) is 4.22. The van der Waals surface area contributed by atoms with Crippen molar-refractivity contribution in [2.75, 3.05) is 24.5 Å². The van der Waals surface area contributed by atoms with Crippen LogP contribution in [0.2, 0.25) is 0 Å². The van der Waals surface area contributed by atoms with Crippen LogP contribution in [0.15, 0.2) is 6.07 Å². The zero-order valence-electron chi connectivity index (χ0n) is 10.4. The number of nitrogens with zero attached hydrogens (tertiary/aromatic N) is 3. The number of rotatable bonds is 2. The first-order valence-corrected chi connectivity index (χ1v) is 5.99. The van der Waals surface area contributed by atoms with E-state index in [4.69, 9.17) is 5.73 Å². The van der Waals surface area contributed by atoms with Crippen LogP contribution in [-0.4, -0.2) is 24.6 Å². The van der Waals surface area contributed by atoms with Crippen molar-refractivity contribution in [2.45, 2.75) is 20.3 Å². The molecule has 1 aliphatic heterocycles. The van der Waals surface area contributed by atoms with E-state index in [1.54, 1.807) is 0 Å². The third-order valence-electron chi connectivity index (χ3n) is 3.36. The highest BCUT2D eigenvalue weighted by molar-refractivity contribution is 5.58. The van der Waals surface area contributed by atoms with E-state index >= 15 is 0 Å². The van der Waals surface area contributed by atoms with Gasteiger partial charge in [0.1, 0.15) is 11.9 Å². The van der Waals surface area contributed by atoms with E-state index in [0.29, 0.717) is 18.0 Å². The Morgan fingerprint density at radius 3 is 2.94 bits per heavy atom. The van der Waals surface area contributed by atoms with E-state index in [0.717, 1.165) is 36.6 Å². The molecule has 90 valence electrons. The smallest absolute Gasteiger partial charge is 0.147 e. The largest absolute Gasteiger partial charge is 0.355 e. The van der Waals surface area contributed by atoms with Crippen LogP contribution in [0.3, 0.4) is 0 Å². The van der Waals surface area contributed by atoms with Crippen LogP contribution in [0.5, 0.6) is 0 Å². The van der Waals surface area contributed by atoms with E-state index in [2.05, 4.69) is 16.0 Å². The van der Waals surface area contributed by atoms with E-state index in [1.165, 1.54) is 0 Å². The van der Waals surface area contributed by atoms with Crippen molar-refractivity contribution < 1.29 is 0 Å². The first kappa shape index (κ1) is 11.9. The molecule has 1 atom stereocenters. The number of nitrogens with two attached hydrogens (primary N) is 1. The molecule has 0 saturated carbocycles. The van der Waals surface area contributed by atoms with Gasteiger partial charge < -0.3 is 10.6 Å². The Morgan fingerprint density at radius 2 is 2.35 bits per heavy atom. The molecule has 0 spiro atoms. The van der Waals surface area contributed by atoms with Crippen molar-refractivity contribution in [3.05, 3.63) is 22.9 Å². The summed E-state index contributed by atoms with van der Waals surface area (Å²) in [4.78, 5) is 6.71. The molecule has 0 aliphatic carbocycles. The number of anilines is 1. The van der Waals surface area contributed by atoms with Crippen LogP contribution in [0.1, 0.15) is 23.2 Å². The Bertz CT molecular complexity index is 461. The summed E-state index contributed by atoms with van der Waals surface area (Å²) in [5.74, 6) is 1.37. The lowest BCUT2D eigenvalue weighted by molar-refractivity contribution is 0.602. The Morgan fingerprint density at radius 1 is 1.59 bits per heavy atom. The summed E-state index contributed by atoms with van der Waals surface area (Å²) in [5, 5.41) is 9.23. The maximum Gasteiger partial charge on any atom is 0.147 e. The summed E-state index contributed by atoms with van der Waals surface area (Å²) < 4.78 is 0. The average Bonchev–Trinajstić information content (AvgIpc) is 2.76. The van der Waals surface area contributed by atoms with Crippen molar-refractivity contribution in [3.8, 4) is 6.07 Å². The second kappa shape index (κ2) is 4.72. The van der Waals surface area contributed by atoms with Crippen LogP contribution in [0.25, 0.3) is 0 Å². The third-order valence-corrected chi connectivity index (χ3v) is 3.36. The minimum Gasteiger partial charge on any atom is -0.355 e. The van der Waals surface area contributed by atoms with Crippen LogP contribution in [0, 0.1) is 31.1 Å². The molecule has 0 bridgehead atoms. The Balaban J connectivity index is 2.36. The minimum atomic E-state index is 0.532. The highest BCUT2D eigenvalue weighted by Gasteiger charge is 2.25. The lowest BCUT2D eigenvalue weighted by Gasteiger charge is -2.20. The number of nitriles is 1. The summed E-state index contributed by atoms with van der Waals surface area (Å²) in [6.45, 7) is 6.51. The van der Waals surface area contributed by atoms with Crippen LogP contribution in [-0.2, 0) is 0 Å². The van der Waals surface area contributed by atoms with Crippen molar-refractivity contribution in [1.82, 2.24) is 4.98 Å². The highest BCUT2D eigenvalue weighted by Crippen LogP contribution is 2.26. The number of aryl methyl sites for hydroxylation is 2. The van der Waals surface area contributed by atoms with Gasteiger partial charge in [0.15, 0.2) is 0 Å². The second-order valence-electron chi connectivity index (χ2n) is 4.73. The maximum absolute atomic E-state index is 9.23. The molecule has 2 heterocycles. The molecule has 4 nitrogen and oxygen atoms in total. The second-order valence-corrected chi connectivity index (χ2v) is 4.73. The fourth-order valence-corrected chi connectivity index (χ4v) is 2.40. The minimum absolute atomic E-state index is 0.532. The molecule has 1 saturated heterocycles. The molecule has 0 radical (unpaired) electrons. The SMILES string of the molecule is Cc1cc(C)c(C#N)c(N2CCC(CN)C2)n1. The third kappa shape index (κ3) is 2.25. The number of pyridine rings is 1. The molecule has 0 aromatic carbocycles. The van der Waals surface area contributed by atoms with Crippen LogP contribution < -0.4 is 10.6 Å². The van der Waals surface area contributed by atoms with Crippen molar-refractivity contribution >= 4 is 5.82 Å². The molecular weight excluding hydrogens is 212 g/mol. The average molecular weight is 230 g/mol. The zero-order chi connectivity index (χ0) is 12.4. The molecule has 1 aliphatic rings. The molecule has 1 fully saturated rings. The first-order valence-electron chi connectivity index (χ1n) is 5.99. The van der Waals surface area contributed by atoms with Gasteiger partial charge in [0, 0.05) is 18.8 Å². The molecule has 1 unspecified atom stereocenters. The van der Waals surface area contributed by atoms with E-state index in [9.17, 15) is 5.26 Å². The van der Waals surface area contributed by atoms with E-state index in [1.807, 2.05) is 19.9 Å². The predicted octanol–water partition coefficient (Wildman–Crippen LogP) is 1.36. The van der Waals surface area contributed by atoms with Crippen LogP contribution >= 0.6 is 0 Å². The van der Waals surface area contributed by atoms with Gasteiger partial charge in [0.2, 0.25) is 0 Å². The van der Waals surface area contributed by atoms with Crippen LogP contribution in [0.4, 0.5) is 5.82 Å². The van der Waals surface area contributed by atoms with Gasteiger partial charge in [0.25, 0.3) is 0 Å². The highest BCUT2D eigenvalue weighted by atomic mass is 15.2. The molecule has 2 N–H and O–H groups in total. The first-order chi connectivity index (χ1) is 8.15. The van der Waals surface area contributed by atoms with Crippen molar-refractivity contribution in [3.63, 3.8) is 0 Å². The molecule has 17 heavy (non-hydrogen) atoms. The lowest BCUT2D eigenvalue weighted by Crippen LogP contribution is -2.24. The molecule has 0 amide bonds. The maximum atomic E-state index is 9.23. The van der Waals surface area contributed by atoms with Gasteiger partial charge in [-0.1, -0.05) is 0 Å². The van der Waals surface area contributed by atoms with Gasteiger partial charge >= 0.3 is 0 Å². The lowest BCUT2D eigenvalue weighted by atomic mass is 10.1. The topological polar surface area (TPSA) is 65.9 Å². The quantitative estimate of drug-likeness (QED) is 0.833. The number of hydrogen-bond donors (Lipinski definition) is 1. The fraction of sp³-hybridized carbons (Fsp3) is 0.538. The molecule has 1 aromatic rings. The Labute approximate surface area is 102 Å². The van der Waals surface area contributed by atoms with Gasteiger partial charge in [-0.3, -0.25) is 0 Å². The monoisotopic (exact) mass is 230 g/mol. The van der Waals surface area contributed by atoms with Crippen molar-refractivity contribution in [1.29, 1.82) is 5.26 Å². The van der Waals surface area contributed by atoms with Gasteiger partial charge in [-0.05, 0) is 44.4 Å². The van der Waals surface area contributed by atoms with Gasteiger partial charge in [0.05, 0.1) is 5.56 Å². The van der Waals surface area contributed by atoms with Gasteiger partial charge in [-0.15, -0.1) is 0 Å². The molecule has 2 rings (SSSR count). The fourth-order valence-electron chi connectivity index (χ4n) is 2.40. The number of hydrogen-bond acceptors (Lipinski definition) is 4. The predicted molar refractivity (Wildman–Crippen MR) is 67.8 cm³/mol. The summed E-state index contributed by atoms with van der Waals surface area (Å²) in [7, 11) is 0. The number of aromatic nitrogens is 1.